The molecule has 2 N–H and O–H groups in total. The summed E-state index contributed by atoms with van der Waals surface area (Å²) in [5, 5.41) is 6.23. The number of rotatable bonds is 5. The number of amides is 2. The normalized spacial score (nSPS) is 17.4. The molecule has 172 valence electrons. The van der Waals surface area contributed by atoms with Crippen molar-refractivity contribution in [1.29, 1.82) is 0 Å². The van der Waals surface area contributed by atoms with E-state index in [0.29, 0.717) is 35.5 Å². The van der Waals surface area contributed by atoms with Gasteiger partial charge in [0.1, 0.15) is 11.8 Å². The molecule has 3 aromatic rings. The number of para-hydroxylation sites is 3. The Balaban J connectivity index is 1.49. The van der Waals surface area contributed by atoms with Gasteiger partial charge in [-0.05, 0) is 49.2 Å². The number of nitrogens with one attached hydrogen (secondary N) is 2. The summed E-state index contributed by atoms with van der Waals surface area (Å²) in [6.45, 7) is 0. The van der Waals surface area contributed by atoms with Crippen molar-refractivity contribution < 1.29 is 18.8 Å². The summed E-state index contributed by atoms with van der Waals surface area (Å²) >= 11 is 0. The molecule has 0 fully saturated rings. The summed E-state index contributed by atoms with van der Waals surface area (Å²) in [6, 6.07) is 19.5. The first kappa shape index (κ1) is 21.7. The maximum absolute atomic E-state index is 13.7. The summed E-state index contributed by atoms with van der Waals surface area (Å²) in [7, 11) is 0. The molecule has 1 unspecified atom stereocenters. The summed E-state index contributed by atoms with van der Waals surface area (Å²) in [5.41, 5.74) is 3.46. The molecule has 0 saturated carbocycles. The van der Waals surface area contributed by atoms with E-state index >= 15 is 0 Å². The Labute approximate surface area is 197 Å². The first-order chi connectivity index (χ1) is 16.6. The molecule has 1 aliphatic heterocycles. The van der Waals surface area contributed by atoms with Gasteiger partial charge in [0.25, 0.3) is 0 Å². The van der Waals surface area contributed by atoms with Crippen LogP contribution >= 0.6 is 0 Å². The van der Waals surface area contributed by atoms with E-state index < -0.39 is 6.04 Å². The monoisotopic (exact) mass is 455 g/mol. The molecule has 2 amide bonds. The average molecular weight is 456 g/mol. The molecule has 2 aliphatic rings. The van der Waals surface area contributed by atoms with E-state index in [1.54, 1.807) is 35.4 Å². The standard InChI is InChI=1S/C27H25N3O4/c31-22-13-6-11-20-26(22)27(23-14-7-17-34-23)30(21-12-5-4-10-19(21)29-20)25(33)16-15-24(32)28-18-8-2-1-3-9-18/h1-5,7-10,12,14,17,27,29H,6,11,13,15-16H2,(H,28,32). The fourth-order valence-corrected chi connectivity index (χ4v) is 4.61. The SMILES string of the molecule is O=C(CCC(=O)N1c2ccccc2NC2=C(C(=O)CCC2)C1c1ccco1)Nc1ccccc1. The second-order valence-corrected chi connectivity index (χ2v) is 8.41. The number of furan rings is 1. The molecular formula is C27H25N3O4. The van der Waals surface area contributed by atoms with E-state index in [2.05, 4.69) is 10.6 Å². The molecule has 7 heteroatoms. The second-order valence-electron chi connectivity index (χ2n) is 8.41. The van der Waals surface area contributed by atoms with Crippen molar-refractivity contribution in [2.75, 3.05) is 15.5 Å². The van der Waals surface area contributed by atoms with Crippen LogP contribution in [0.3, 0.4) is 0 Å². The van der Waals surface area contributed by atoms with Gasteiger partial charge in [-0.2, -0.15) is 0 Å². The van der Waals surface area contributed by atoms with E-state index in [4.69, 9.17) is 4.42 Å². The van der Waals surface area contributed by atoms with Crippen molar-refractivity contribution >= 4 is 34.7 Å². The predicted molar refractivity (Wildman–Crippen MR) is 129 cm³/mol. The Morgan fingerprint density at radius 2 is 1.76 bits per heavy atom. The molecule has 0 saturated heterocycles. The van der Waals surface area contributed by atoms with Crippen LogP contribution in [-0.2, 0) is 14.4 Å². The van der Waals surface area contributed by atoms with Crippen LogP contribution in [0.5, 0.6) is 0 Å². The van der Waals surface area contributed by atoms with Crippen molar-refractivity contribution in [1.82, 2.24) is 0 Å². The number of ketones is 1. The number of fused-ring (bicyclic) bond motifs is 1. The summed E-state index contributed by atoms with van der Waals surface area (Å²) < 4.78 is 5.74. The molecule has 7 nitrogen and oxygen atoms in total. The zero-order valence-electron chi connectivity index (χ0n) is 18.6. The molecule has 0 bridgehead atoms. The lowest BCUT2D eigenvalue weighted by Gasteiger charge is -2.32. The van der Waals surface area contributed by atoms with Gasteiger partial charge < -0.3 is 15.1 Å². The Morgan fingerprint density at radius 3 is 2.56 bits per heavy atom. The lowest BCUT2D eigenvalue weighted by atomic mass is 9.88. The lowest BCUT2D eigenvalue weighted by Crippen LogP contribution is -2.38. The smallest absolute Gasteiger partial charge is 0.228 e. The molecule has 0 spiro atoms. The zero-order valence-corrected chi connectivity index (χ0v) is 18.6. The van der Waals surface area contributed by atoms with Gasteiger partial charge >= 0.3 is 0 Å². The van der Waals surface area contributed by atoms with Crippen LogP contribution in [0.1, 0.15) is 43.9 Å². The molecule has 5 rings (SSSR count). The molecule has 2 aromatic carbocycles. The highest BCUT2D eigenvalue weighted by Crippen LogP contribution is 2.45. The number of carbonyl (C=O) groups is 3. The third-order valence-electron chi connectivity index (χ3n) is 6.14. The first-order valence-corrected chi connectivity index (χ1v) is 11.4. The van der Waals surface area contributed by atoms with E-state index in [-0.39, 0.29) is 30.4 Å². The summed E-state index contributed by atoms with van der Waals surface area (Å²) in [6.07, 6.45) is 3.45. The van der Waals surface area contributed by atoms with Gasteiger partial charge in [-0.1, -0.05) is 30.3 Å². The molecule has 0 radical (unpaired) electrons. The number of hydrogen-bond donors (Lipinski definition) is 2. The van der Waals surface area contributed by atoms with E-state index in [9.17, 15) is 14.4 Å². The molecule has 1 aromatic heterocycles. The van der Waals surface area contributed by atoms with Gasteiger partial charge in [-0.15, -0.1) is 0 Å². The summed E-state index contributed by atoms with van der Waals surface area (Å²) in [4.78, 5) is 41.0. The maximum Gasteiger partial charge on any atom is 0.228 e. The van der Waals surface area contributed by atoms with Crippen LogP contribution in [-0.4, -0.2) is 17.6 Å². The third-order valence-corrected chi connectivity index (χ3v) is 6.14. The summed E-state index contributed by atoms with van der Waals surface area (Å²) in [5.74, 6) is 0.0147. The van der Waals surface area contributed by atoms with Crippen molar-refractivity contribution in [3.63, 3.8) is 0 Å². The first-order valence-electron chi connectivity index (χ1n) is 11.4. The molecule has 34 heavy (non-hydrogen) atoms. The number of Topliss-reactive ketones (excluding diaryl/α,β-unsaturated/α-hetero) is 1. The van der Waals surface area contributed by atoms with Gasteiger partial charge in [0.2, 0.25) is 11.8 Å². The van der Waals surface area contributed by atoms with Crippen molar-refractivity contribution in [3.8, 4) is 0 Å². The van der Waals surface area contributed by atoms with Gasteiger partial charge in [-0.25, -0.2) is 0 Å². The minimum Gasteiger partial charge on any atom is -0.467 e. The maximum atomic E-state index is 13.7. The van der Waals surface area contributed by atoms with Crippen LogP contribution in [0.4, 0.5) is 17.1 Å². The topological polar surface area (TPSA) is 91.7 Å². The minimum atomic E-state index is -0.696. The number of hydrogen-bond acceptors (Lipinski definition) is 5. The number of nitrogens with zero attached hydrogens (tertiary/aromatic N) is 1. The van der Waals surface area contributed by atoms with Crippen molar-refractivity contribution in [2.24, 2.45) is 0 Å². The van der Waals surface area contributed by atoms with Crippen molar-refractivity contribution in [2.45, 2.75) is 38.1 Å². The zero-order chi connectivity index (χ0) is 23.5. The van der Waals surface area contributed by atoms with Gasteiger partial charge in [-0.3, -0.25) is 19.3 Å². The van der Waals surface area contributed by atoms with Crippen molar-refractivity contribution in [3.05, 3.63) is 90.0 Å². The van der Waals surface area contributed by atoms with Crippen LogP contribution in [0.15, 0.2) is 88.7 Å². The highest BCUT2D eigenvalue weighted by atomic mass is 16.3. The van der Waals surface area contributed by atoms with Gasteiger partial charge in [0.15, 0.2) is 5.78 Å². The van der Waals surface area contributed by atoms with Crippen LogP contribution in [0, 0.1) is 0 Å². The van der Waals surface area contributed by atoms with E-state index in [1.807, 2.05) is 42.5 Å². The largest absolute Gasteiger partial charge is 0.467 e. The van der Waals surface area contributed by atoms with Crippen LogP contribution < -0.4 is 15.5 Å². The highest BCUT2D eigenvalue weighted by Gasteiger charge is 2.40. The predicted octanol–water partition coefficient (Wildman–Crippen LogP) is 5.21. The third kappa shape index (κ3) is 4.24. The molecule has 2 heterocycles. The number of carbonyl (C=O) groups excluding carboxylic acids is 3. The molecule has 1 aliphatic carbocycles. The molecule has 1 atom stereocenters. The van der Waals surface area contributed by atoms with Gasteiger partial charge in [0.05, 0.1) is 17.6 Å². The second kappa shape index (κ2) is 9.39. The Morgan fingerprint density at radius 1 is 0.971 bits per heavy atom. The number of anilines is 3. The van der Waals surface area contributed by atoms with Crippen LogP contribution in [0.2, 0.25) is 0 Å². The fraction of sp³-hybridized carbons (Fsp3) is 0.222. The fourth-order valence-electron chi connectivity index (χ4n) is 4.61. The lowest BCUT2D eigenvalue weighted by molar-refractivity contribution is -0.123. The van der Waals surface area contributed by atoms with Crippen LogP contribution in [0.25, 0.3) is 0 Å². The minimum absolute atomic E-state index is 0.00239. The Kier molecular flexibility index (Phi) is 5.99. The van der Waals surface area contributed by atoms with E-state index in [0.717, 1.165) is 17.8 Å². The Bertz CT molecular complexity index is 1250. The highest BCUT2D eigenvalue weighted by molar-refractivity contribution is 6.06. The average Bonchev–Trinajstić information content (AvgIpc) is 3.33. The van der Waals surface area contributed by atoms with Gasteiger partial charge in [0, 0.05) is 36.2 Å². The number of allylic oxidation sites excluding steroid dienone is 1. The quantitative estimate of drug-likeness (QED) is 0.551. The molecular weight excluding hydrogens is 430 g/mol. The van der Waals surface area contributed by atoms with E-state index in [1.165, 1.54) is 0 Å². The Hall–Kier alpha value is -4.13. The number of benzene rings is 2.